The average Bonchev–Trinajstić information content (AvgIpc) is 3.29. The Kier molecular flexibility index (Phi) is 3.65. The van der Waals surface area contributed by atoms with Gasteiger partial charge >= 0.3 is 0 Å². The first-order chi connectivity index (χ1) is 13.1. The number of nitrogens with zero attached hydrogens (tertiary/aromatic N) is 4. The van der Waals surface area contributed by atoms with Gasteiger partial charge in [0.25, 0.3) is 0 Å². The van der Waals surface area contributed by atoms with Crippen molar-refractivity contribution in [1.29, 1.82) is 0 Å². The predicted octanol–water partition coefficient (Wildman–Crippen LogP) is 3.38. The number of hydrogen-bond donors (Lipinski definition) is 3. The van der Waals surface area contributed by atoms with Gasteiger partial charge in [-0.2, -0.15) is 4.98 Å². The Morgan fingerprint density at radius 3 is 3.11 bits per heavy atom. The van der Waals surface area contributed by atoms with Crippen LogP contribution in [0.1, 0.15) is 32.6 Å². The number of aromatic amines is 1. The van der Waals surface area contributed by atoms with Crippen LogP contribution in [0.25, 0.3) is 27.8 Å². The molecular weight excluding hydrogens is 340 g/mol. The van der Waals surface area contributed by atoms with E-state index >= 15 is 0 Å². The first kappa shape index (κ1) is 16.3. The third-order valence-electron chi connectivity index (χ3n) is 5.61. The Balaban J connectivity index is 1.47. The summed E-state index contributed by atoms with van der Waals surface area (Å²) < 4.78 is 2.00. The lowest BCUT2D eigenvalue weighted by Gasteiger charge is -2.37. The number of aliphatic hydroxyl groups is 1. The number of H-pyrrole nitrogens is 1. The SMILES string of the molecule is CC1(O)CCCCC1Nc1ncc2c(-c3ccc4nccn4c3)c[nH]c2n1. The zero-order chi connectivity index (χ0) is 18.4. The van der Waals surface area contributed by atoms with Crippen molar-refractivity contribution in [3.63, 3.8) is 0 Å². The summed E-state index contributed by atoms with van der Waals surface area (Å²) in [6.45, 7) is 1.89. The number of anilines is 1. The van der Waals surface area contributed by atoms with Crippen LogP contribution in [0.5, 0.6) is 0 Å². The minimum absolute atomic E-state index is 0.0261. The number of rotatable bonds is 3. The first-order valence-corrected chi connectivity index (χ1v) is 9.36. The van der Waals surface area contributed by atoms with Crippen molar-refractivity contribution < 1.29 is 5.11 Å². The van der Waals surface area contributed by atoms with Crippen LogP contribution >= 0.6 is 0 Å². The van der Waals surface area contributed by atoms with E-state index in [4.69, 9.17) is 0 Å². The third kappa shape index (κ3) is 2.84. The van der Waals surface area contributed by atoms with Crippen molar-refractivity contribution in [2.24, 2.45) is 0 Å². The minimum atomic E-state index is -0.725. The molecule has 3 N–H and O–H groups in total. The van der Waals surface area contributed by atoms with Gasteiger partial charge in [-0.3, -0.25) is 0 Å². The highest BCUT2D eigenvalue weighted by atomic mass is 16.3. The summed E-state index contributed by atoms with van der Waals surface area (Å²) in [5, 5.41) is 14.9. The lowest BCUT2D eigenvalue weighted by molar-refractivity contribution is 0.0103. The van der Waals surface area contributed by atoms with E-state index in [2.05, 4.69) is 37.5 Å². The smallest absolute Gasteiger partial charge is 0.224 e. The van der Waals surface area contributed by atoms with Crippen LogP contribution in [0.15, 0.2) is 43.1 Å². The molecule has 0 spiro atoms. The summed E-state index contributed by atoms with van der Waals surface area (Å²) in [4.78, 5) is 16.7. The van der Waals surface area contributed by atoms with Crippen molar-refractivity contribution in [3.8, 4) is 11.1 Å². The fourth-order valence-electron chi connectivity index (χ4n) is 3.99. The molecule has 7 nitrogen and oxygen atoms in total. The number of hydrogen-bond acceptors (Lipinski definition) is 5. The molecule has 138 valence electrons. The van der Waals surface area contributed by atoms with Crippen LogP contribution in [0.3, 0.4) is 0 Å². The molecule has 0 aliphatic heterocycles. The topological polar surface area (TPSA) is 91.1 Å². The molecule has 1 aliphatic carbocycles. The Labute approximate surface area is 156 Å². The fraction of sp³-hybridized carbons (Fsp3) is 0.350. The molecule has 1 fully saturated rings. The van der Waals surface area contributed by atoms with Gasteiger partial charge in [-0.15, -0.1) is 0 Å². The summed E-state index contributed by atoms with van der Waals surface area (Å²) in [6.07, 6.45) is 13.5. The Morgan fingerprint density at radius 1 is 1.30 bits per heavy atom. The van der Waals surface area contributed by atoms with Gasteiger partial charge in [0.05, 0.1) is 11.6 Å². The van der Waals surface area contributed by atoms with Crippen LogP contribution in [-0.2, 0) is 0 Å². The van der Waals surface area contributed by atoms with Crippen LogP contribution in [0.2, 0.25) is 0 Å². The number of pyridine rings is 1. The van der Waals surface area contributed by atoms with Crippen LogP contribution in [0.4, 0.5) is 5.95 Å². The van der Waals surface area contributed by atoms with E-state index in [-0.39, 0.29) is 6.04 Å². The van der Waals surface area contributed by atoms with Gasteiger partial charge in [0.15, 0.2) is 0 Å². The van der Waals surface area contributed by atoms with Gasteiger partial charge in [0.1, 0.15) is 11.3 Å². The summed E-state index contributed by atoms with van der Waals surface area (Å²) in [5.74, 6) is 0.549. The second-order valence-corrected chi connectivity index (χ2v) is 7.57. The van der Waals surface area contributed by atoms with E-state index in [0.717, 1.165) is 53.5 Å². The second-order valence-electron chi connectivity index (χ2n) is 7.57. The first-order valence-electron chi connectivity index (χ1n) is 9.36. The largest absolute Gasteiger partial charge is 0.388 e. The zero-order valence-corrected chi connectivity index (χ0v) is 15.2. The maximum Gasteiger partial charge on any atom is 0.224 e. The molecule has 0 aromatic carbocycles. The van der Waals surface area contributed by atoms with E-state index < -0.39 is 5.60 Å². The van der Waals surface area contributed by atoms with Crippen molar-refractivity contribution in [2.75, 3.05) is 5.32 Å². The van der Waals surface area contributed by atoms with Gasteiger partial charge in [0.2, 0.25) is 5.95 Å². The highest BCUT2D eigenvalue weighted by Gasteiger charge is 2.34. The molecule has 2 unspecified atom stereocenters. The molecule has 27 heavy (non-hydrogen) atoms. The molecule has 2 atom stereocenters. The van der Waals surface area contributed by atoms with E-state index in [9.17, 15) is 5.11 Å². The third-order valence-corrected chi connectivity index (χ3v) is 5.61. The van der Waals surface area contributed by atoms with Crippen molar-refractivity contribution >= 4 is 22.6 Å². The summed E-state index contributed by atoms with van der Waals surface area (Å²) in [6, 6.07) is 4.02. The molecular formula is C20H22N6O. The van der Waals surface area contributed by atoms with E-state index in [0.29, 0.717) is 5.95 Å². The normalized spacial score (nSPS) is 23.1. The van der Waals surface area contributed by atoms with E-state index in [1.807, 2.05) is 36.0 Å². The molecule has 1 aliphatic rings. The number of imidazole rings is 1. The van der Waals surface area contributed by atoms with Gasteiger partial charge in [-0.25, -0.2) is 9.97 Å². The maximum atomic E-state index is 10.6. The van der Waals surface area contributed by atoms with Gasteiger partial charge in [-0.1, -0.05) is 12.8 Å². The average molecular weight is 362 g/mol. The van der Waals surface area contributed by atoms with Crippen molar-refractivity contribution in [1.82, 2.24) is 24.3 Å². The highest BCUT2D eigenvalue weighted by molar-refractivity contribution is 5.93. The highest BCUT2D eigenvalue weighted by Crippen LogP contribution is 2.31. The Hall–Kier alpha value is -2.93. The minimum Gasteiger partial charge on any atom is -0.388 e. The van der Waals surface area contributed by atoms with Crippen molar-refractivity contribution in [3.05, 3.63) is 43.1 Å². The van der Waals surface area contributed by atoms with Crippen LogP contribution in [0, 0.1) is 0 Å². The van der Waals surface area contributed by atoms with Crippen LogP contribution in [-0.4, -0.2) is 41.1 Å². The number of nitrogens with one attached hydrogen (secondary N) is 2. The van der Waals surface area contributed by atoms with Crippen molar-refractivity contribution in [2.45, 2.75) is 44.2 Å². The molecule has 0 amide bonds. The molecule has 7 heteroatoms. The van der Waals surface area contributed by atoms with Crippen LogP contribution < -0.4 is 5.32 Å². The van der Waals surface area contributed by atoms with Gasteiger partial charge in [0, 0.05) is 47.5 Å². The molecule has 0 radical (unpaired) electrons. The molecule has 4 aromatic rings. The predicted molar refractivity (Wildman–Crippen MR) is 105 cm³/mol. The molecule has 1 saturated carbocycles. The standard InChI is InChI=1S/C20H22N6O/c1-20(27)7-3-2-4-16(20)24-19-23-11-15-14(10-22-18(15)25-19)13-5-6-17-21-8-9-26(17)12-13/h5-6,8-12,16,27H,2-4,7H2,1H3,(H2,22,23,24,25). The van der Waals surface area contributed by atoms with E-state index in [1.54, 1.807) is 6.20 Å². The summed E-state index contributed by atoms with van der Waals surface area (Å²) >= 11 is 0. The Morgan fingerprint density at radius 2 is 2.22 bits per heavy atom. The summed E-state index contributed by atoms with van der Waals surface area (Å²) in [7, 11) is 0. The Bertz CT molecular complexity index is 1110. The molecule has 4 aromatic heterocycles. The summed E-state index contributed by atoms with van der Waals surface area (Å²) in [5.41, 5.74) is 3.10. The maximum absolute atomic E-state index is 10.6. The quantitative estimate of drug-likeness (QED) is 0.520. The van der Waals surface area contributed by atoms with E-state index in [1.165, 1.54) is 0 Å². The number of aromatic nitrogens is 5. The van der Waals surface area contributed by atoms with Gasteiger partial charge in [-0.05, 0) is 31.9 Å². The zero-order valence-electron chi connectivity index (χ0n) is 15.2. The lowest BCUT2D eigenvalue weighted by atomic mass is 9.82. The molecule has 0 saturated heterocycles. The molecule has 5 rings (SSSR count). The number of fused-ring (bicyclic) bond motifs is 2. The fourth-order valence-corrected chi connectivity index (χ4v) is 3.99. The lowest BCUT2D eigenvalue weighted by Crippen LogP contribution is -2.47. The molecule has 0 bridgehead atoms. The molecule has 4 heterocycles. The monoisotopic (exact) mass is 362 g/mol. The second kappa shape index (κ2) is 6.06. The van der Waals surface area contributed by atoms with Gasteiger partial charge < -0.3 is 19.8 Å².